The van der Waals surface area contributed by atoms with Crippen LogP contribution in [0.4, 0.5) is 10.1 Å². The van der Waals surface area contributed by atoms with Gasteiger partial charge in [-0.15, -0.1) is 0 Å². The highest BCUT2D eigenvalue weighted by atomic mass is 32.2. The van der Waals surface area contributed by atoms with Crippen LogP contribution in [0.5, 0.6) is 5.75 Å². The van der Waals surface area contributed by atoms with Gasteiger partial charge in [0.15, 0.2) is 5.82 Å². The molecule has 1 aromatic carbocycles. The van der Waals surface area contributed by atoms with E-state index in [1.807, 2.05) is 0 Å². The van der Waals surface area contributed by atoms with Crippen molar-refractivity contribution < 1.29 is 18.5 Å². The van der Waals surface area contributed by atoms with Crippen LogP contribution in [-0.4, -0.2) is 34.9 Å². The van der Waals surface area contributed by atoms with E-state index < -0.39 is 22.9 Å². The number of anilines is 1. The van der Waals surface area contributed by atoms with E-state index in [1.165, 1.54) is 12.1 Å². The number of carbonyl (C=O) groups is 1. The van der Waals surface area contributed by atoms with Crippen LogP contribution >= 0.6 is 0 Å². The average Bonchev–Trinajstić information content (AvgIpc) is 2.62. The minimum Gasteiger partial charge on any atom is -0.506 e. The van der Waals surface area contributed by atoms with Gasteiger partial charge in [-0.25, -0.2) is 8.60 Å². The minimum atomic E-state index is -1.85. The van der Waals surface area contributed by atoms with Crippen molar-refractivity contribution in [2.75, 3.05) is 23.9 Å². The second-order valence-electron chi connectivity index (χ2n) is 4.98. The summed E-state index contributed by atoms with van der Waals surface area (Å²) in [4.78, 5) is 11.2. The number of aromatic hydroxyl groups is 1. The Balaban J connectivity index is 1.88. The molecule has 108 valence electrons. The Morgan fingerprint density at radius 2 is 2.20 bits per heavy atom. The van der Waals surface area contributed by atoms with E-state index >= 15 is 0 Å². The topological polar surface area (TPSA) is 81.7 Å². The number of nitrogens with one attached hydrogen (secondary N) is 2. The summed E-state index contributed by atoms with van der Waals surface area (Å²) in [6.07, 6.45) is 0.679. The molecule has 2 aliphatic rings. The maximum absolute atomic E-state index is 14.1. The zero-order valence-electron chi connectivity index (χ0n) is 10.6. The van der Waals surface area contributed by atoms with Crippen molar-refractivity contribution in [1.82, 2.24) is 10.0 Å². The molecule has 0 radical (unpaired) electrons. The average molecular weight is 299 g/mol. The maximum Gasteiger partial charge on any atom is 0.253 e. The maximum atomic E-state index is 14.1. The zero-order valence-corrected chi connectivity index (χ0v) is 11.4. The number of carbonyl (C=O) groups excluding carboxylic acids is 1. The Labute approximate surface area is 117 Å². The molecule has 1 unspecified atom stereocenters. The number of phenolic OH excluding ortho intramolecular Hbond substituents is 1. The van der Waals surface area contributed by atoms with Gasteiger partial charge in [0, 0.05) is 0 Å². The molecule has 2 heterocycles. The van der Waals surface area contributed by atoms with Crippen LogP contribution < -0.4 is 14.3 Å². The van der Waals surface area contributed by atoms with Crippen molar-refractivity contribution in [2.45, 2.75) is 6.42 Å². The molecule has 3 rings (SSSR count). The molecule has 0 bridgehead atoms. The Morgan fingerprint density at radius 1 is 1.45 bits per heavy atom. The van der Waals surface area contributed by atoms with Crippen LogP contribution in [0.3, 0.4) is 0 Å². The molecular formula is C12H14FN3O3S. The van der Waals surface area contributed by atoms with E-state index in [2.05, 4.69) is 10.0 Å². The summed E-state index contributed by atoms with van der Waals surface area (Å²) in [6.45, 7) is 1.54. The first-order valence-electron chi connectivity index (χ1n) is 6.25. The molecule has 1 atom stereocenters. The lowest BCUT2D eigenvalue weighted by molar-refractivity contribution is -0.117. The fraction of sp³-hybridized carbons (Fsp3) is 0.417. The van der Waals surface area contributed by atoms with Crippen LogP contribution in [0.2, 0.25) is 0 Å². The number of phenols is 1. The van der Waals surface area contributed by atoms with Crippen LogP contribution in [-0.2, 0) is 22.4 Å². The van der Waals surface area contributed by atoms with Crippen LogP contribution in [0.25, 0.3) is 0 Å². The van der Waals surface area contributed by atoms with Gasteiger partial charge >= 0.3 is 0 Å². The lowest BCUT2D eigenvalue weighted by Crippen LogP contribution is -2.43. The fourth-order valence-corrected chi connectivity index (χ4v) is 3.32. The molecule has 2 aliphatic heterocycles. The molecule has 1 aromatic rings. The first-order valence-corrected chi connectivity index (χ1v) is 7.36. The van der Waals surface area contributed by atoms with Gasteiger partial charge in [0.05, 0.1) is 0 Å². The normalized spacial score (nSPS) is 22.8. The Kier molecular flexibility index (Phi) is 3.35. The standard InChI is InChI=1S/C12H14FN3O3S/c13-9-2-7(1-8-4-14-5-8)3-10(17)12(9)16-6-11(18)15-20(16)19/h2-3,8,14,17H,1,4-6H2,(H,15,18). The van der Waals surface area contributed by atoms with E-state index in [-0.39, 0.29) is 18.0 Å². The van der Waals surface area contributed by atoms with Crippen LogP contribution in [0.1, 0.15) is 5.56 Å². The molecular weight excluding hydrogens is 285 g/mol. The molecule has 0 spiro atoms. The largest absolute Gasteiger partial charge is 0.506 e. The van der Waals surface area contributed by atoms with Gasteiger partial charge in [-0.1, -0.05) is 0 Å². The number of benzene rings is 1. The number of halogens is 1. The summed E-state index contributed by atoms with van der Waals surface area (Å²) in [6, 6.07) is 2.80. The number of amides is 1. The van der Waals surface area contributed by atoms with Gasteiger partial charge in [-0.05, 0) is 43.1 Å². The molecule has 8 heteroatoms. The summed E-state index contributed by atoms with van der Waals surface area (Å²) >= 11 is -1.85. The second kappa shape index (κ2) is 5.02. The third kappa shape index (κ3) is 2.36. The number of rotatable bonds is 3. The molecule has 2 fully saturated rings. The SMILES string of the molecule is O=C1CN(c2c(O)cc(CC3CNC3)cc2F)S(=O)N1. The molecule has 20 heavy (non-hydrogen) atoms. The molecule has 2 saturated heterocycles. The monoisotopic (exact) mass is 299 g/mol. The quantitative estimate of drug-likeness (QED) is 0.722. The summed E-state index contributed by atoms with van der Waals surface area (Å²) in [7, 11) is 0. The highest BCUT2D eigenvalue weighted by molar-refractivity contribution is 7.85. The van der Waals surface area contributed by atoms with Crippen LogP contribution in [0, 0.1) is 11.7 Å². The predicted octanol–water partition coefficient (Wildman–Crippen LogP) is -0.192. The lowest BCUT2D eigenvalue weighted by atomic mass is 9.94. The Bertz CT molecular complexity index is 568. The molecule has 6 nitrogen and oxygen atoms in total. The van der Waals surface area contributed by atoms with Gasteiger partial charge in [-0.3, -0.25) is 13.8 Å². The zero-order chi connectivity index (χ0) is 14.3. The van der Waals surface area contributed by atoms with Gasteiger partial charge in [0.1, 0.15) is 18.0 Å². The lowest BCUT2D eigenvalue weighted by Gasteiger charge is -2.27. The Morgan fingerprint density at radius 3 is 2.70 bits per heavy atom. The highest BCUT2D eigenvalue weighted by Crippen LogP contribution is 2.34. The number of hydrogen-bond donors (Lipinski definition) is 3. The summed E-state index contributed by atoms with van der Waals surface area (Å²) in [5.41, 5.74) is 0.497. The van der Waals surface area contributed by atoms with Crippen molar-refractivity contribution in [2.24, 2.45) is 5.92 Å². The molecule has 3 N–H and O–H groups in total. The third-order valence-corrected chi connectivity index (χ3v) is 4.55. The van der Waals surface area contributed by atoms with Crippen molar-refractivity contribution in [3.8, 4) is 5.75 Å². The van der Waals surface area contributed by atoms with Crippen molar-refractivity contribution >= 4 is 22.8 Å². The third-order valence-electron chi connectivity index (χ3n) is 3.43. The van der Waals surface area contributed by atoms with Crippen LogP contribution in [0.15, 0.2) is 12.1 Å². The van der Waals surface area contributed by atoms with Gasteiger partial charge in [0.2, 0.25) is 11.2 Å². The van der Waals surface area contributed by atoms with E-state index in [1.54, 1.807) is 0 Å². The van der Waals surface area contributed by atoms with E-state index in [4.69, 9.17) is 0 Å². The summed E-state index contributed by atoms with van der Waals surface area (Å²) < 4.78 is 28.9. The summed E-state index contributed by atoms with van der Waals surface area (Å²) in [5.74, 6) is -0.982. The van der Waals surface area contributed by atoms with Gasteiger partial charge in [0.25, 0.3) is 5.91 Å². The first kappa shape index (κ1) is 13.3. The van der Waals surface area contributed by atoms with Crippen molar-refractivity contribution in [3.63, 3.8) is 0 Å². The van der Waals surface area contributed by atoms with Crippen molar-refractivity contribution in [3.05, 3.63) is 23.5 Å². The highest BCUT2D eigenvalue weighted by Gasteiger charge is 2.31. The predicted molar refractivity (Wildman–Crippen MR) is 71.8 cm³/mol. The minimum absolute atomic E-state index is 0.197. The van der Waals surface area contributed by atoms with Gasteiger partial charge in [-0.2, -0.15) is 0 Å². The number of hydrogen-bond acceptors (Lipinski definition) is 4. The smallest absolute Gasteiger partial charge is 0.253 e. The van der Waals surface area contributed by atoms with E-state index in [0.717, 1.165) is 17.4 Å². The first-order chi connectivity index (χ1) is 9.54. The second-order valence-corrected chi connectivity index (χ2v) is 6.13. The molecule has 0 aromatic heterocycles. The van der Waals surface area contributed by atoms with E-state index in [0.29, 0.717) is 17.9 Å². The van der Waals surface area contributed by atoms with Crippen molar-refractivity contribution in [1.29, 1.82) is 0 Å². The van der Waals surface area contributed by atoms with E-state index in [9.17, 15) is 18.5 Å². The molecule has 1 amide bonds. The molecule has 0 aliphatic carbocycles. The number of nitrogens with zero attached hydrogens (tertiary/aromatic N) is 1. The summed E-state index contributed by atoms with van der Waals surface area (Å²) in [5, 5.41) is 13.1. The molecule has 0 saturated carbocycles. The Hall–Kier alpha value is -1.67. The van der Waals surface area contributed by atoms with Gasteiger partial charge < -0.3 is 10.4 Å². The fourth-order valence-electron chi connectivity index (χ4n) is 2.37.